The van der Waals surface area contributed by atoms with Crippen molar-refractivity contribution in [2.75, 3.05) is 7.11 Å². The van der Waals surface area contributed by atoms with Gasteiger partial charge in [-0.2, -0.15) is 0 Å². The van der Waals surface area contributed by atoms with Crippen LogP contribution in [0.15, 0.2) is 46.9 Å². The predicted octanol–water partition coefficient (Wildman–Crippen LogP) is 4.24. The third-order valence-corrected chi connectivity index (χ3v) is 3.52. The zero-order chi connectivity index (χ0) is 14.5. The minimum absolute atomic E-state index is 0.0243. The van der Waals surface area contributed by atoms with E-state index in [1.807, 2.05) is 24.3 Å². The molecule has 3 nitrogen and oxygen atoms in total. The summed E-state index contributed by atoms with van der Waals surface area (Å²) in [5, 5.41) is 0. The molecule has 2 aromatic rings. The molecule has 0 aliphatic carbocycles. The van der Waals surface area contributed by atoms with Crippen molar-refractivity contribution >= 4 is 21.7 Å². The zero-order valence-corrected chi connectivity index (χ0v) is 12.9. The molecule has 0 heterocycles. The lowest BCUT2D eigenvalue weighted by Crippen LogP contribution is -1.98. The van der Waals surface area contributed by atoms with Gasteiger partial charge in [-0.1, -0.05) is 12.1 Å². The molecule has 0 fully saturated rings. The molecule has 0 bridgehead atoms. The molecular weight excluding hydrogens is 320 g/mol. The Kier molecular flexibility index (Phi) is 4.79. The maximum atomic E-state index is 11.3. The normalized spacial score (nSPS) is 10.2. The van der Waals surface area contributed by atoms with Crippen molar-refractivity contribution in [1.82, 2.24) is 0 Å². The van der Waals surface area contributed by atoms with Crippen molar-refractivity contribution in [3.63, 3.8) is 0 Å². The molecule has 2 aromatic carbocycles. The quantitative estimate of drug-likeness (QED) is 0.767. The number of hydrogen-bond acceptors (Lipinski definition) is 3. The summed E-state index contributed by atoms with van der Waals surface area (Å²) in [6.45, 7) is 1.99. The smallest absolute Gasteiger partial charge is 0.160 e. The van der Waals surface area contributed by atoms with Crippen LogP contribution in [0.5, 0.6) is 11.5 Å². The van der Waals surface area contributed by atoms with Gasteiger partial charge in [-0.15, -0.1) is 0 Å². The van der Waals surface area contributed by atoms with Crippen LogP contribution >= 0.6 is 15.9 Å². The monoisotopic (exact) mass is 334 g/mol. The van der Waals surface area contributed by atoms with Gasteiger partial charge in [-0.3, -0.25) is 4.79 Å². The summed E-state index contributed by atoms with van der Waals surface area (Å²) >= 11 is 3.38. The van der Waals surface area contributed by atoms with Crippen LogP contribution in [-0.2, 0) is 6.61 Å². The molecule has 0 N–H and O–H groups in total. The summed E-state index contributed by atoms with van der Waals surface area (Å²) < 4.78 is 11.6. The number of halogens is 1. The standard InChI is InChI=1S/C16H15BrO3/c1-11(18)15-7-6-14(9-16(15)17)20-10-12-4-3-5-13(8-12)19-2/h3-9H,10H2,1-2H3. The minimum atomic E-state index is 0.0243. The van der Waals surface area contributed by atoms with E-state index in [0.717, 1.165) is 15.8 Å². The molecule has 104 valence electrons. The Morgan fingerprint density at radius 1 is 1.15 bits per heavy atom. The lowest BCUT2D eigenvalue weighted by molar-refractivity contribution is 0.101. The molecule has 2 rings (SSSR count). The number of carbonyl (C=O) groups is 1. The van der Waals surface area contributed by atoms with Crippen molar-refractivity contribution in [3.05, 3.63) is 58.1 Å². The van der Waals surface area contributed by atoms with E-state index in [1.165, 1.54) is 6.92 Å². The highest BCUT2D eigenvalue weighted by Gasteiger charge is 2.06. The molecule has 0 saturated heterocycles. The van der Waals surface area contributed by atoms with E-state index >= 15 is 0 Å². The van der Waals surface area contributed by atoms with Crippen molar-refractivity contribution in [1.29, 1.82) is 0 Å². The molecule has 0 atom stereocenters. The van der Waals surface area contributed by atoms with E-state index in [2.05, 4.69) is 15.9 Å². The van der Waals surface area contributed by atoms with Crippen LogP contribution in [0.2, 0.25) is 0 Å². The summed E-state index contributed by atoms with van der Waals surface area (Å²) in [6.07, 6.45) is 0. The molecule has 0 saturated carbocycles. The lowest BCUT2D eigenvalue weighted by atomic mass is 10.1. The Morgan fingerprint density at radius 2 is 1.95 bits per heavy atom. The Bertz CT molecular complexity index is 623. The lowest BCUT2D eigenvalue weighted by Gasteiger charge is -2.09. The summed E-state index contributed by atoms with van der Waals surface area (Å²) in [4.78, 5) is 11.3. The largest absolute Gasteiger partial charge is 0.497 e. The first-order valence-corrected chi connectivity index (χ1v) is 6.95. The molecule has 0 aliphatic heterocycles. The van der Waals surface area contributed by atoms with E-state index in [1.54, 1.807) is 25.3 Å². The van der Waals surface area contributed by atoms with Crippen LogP contribution in [0.25, 0.3) is 0 Å². The number of methoxy groups -OCH3 is 1. The van der Waals surface area contributed by atoms with Gasteiger partial charge in [-0.25, -0.2) is 0 Å². The van der Waals surface area contributed by atoms with Crippen molar-refractivity contribution in [3.8, 4) is 11.5 Å². The highest BCUT2D eigenvalue weighted by atomic mass is 79.9. The van der Waals surface area contributed by atoms with E-state index in [9.17, 15) is 4.79 Å². The summed E-state index contributed by atoms with van der Waals surface area (Å²) in [5.74, 6) is 1.54. The third-order valence-electron chi connectivity index (χ3n) is 2.86. The first kappa shape index (κ1) is 14.6. The van der Waals surface area contributed by atoms with Gasteiger partial charge in [0.1, 0.15) is 18.1 Å². The number of carbonyl (C=O) groups excluding carboxylic acids is 1. The first-order valence-electron chi connectivity index (χ1n) is 6.16. The molecule has 4 heteroatoms. The Balaban J connectivity index is 2.07. The SMILES string of the molecule is COc1cccc(COc2ccc(C(C)=O)c(Br)c2)c1. The second-order valence-electron chi connectivity index (χ2n) is 4.34. The maximum Gasteiger partial charge on any atom is 0.160 e. The average Bonchev–Trinajstić information content (AvgIpc) is 2.45. The van der Waals surface area contributed by atoms with Crippen LogP contribution in [0.1, 0.15) is 22.8 Å². The van der Waals surface area contributed by atoms with Crippen molar-refractivity contribution in [2.24, 2.45) is 0 Å². The fourth-order valence-corrected chi connectivity index (χ4v) is 2.44. The summed E-state index contributed by atoms with van der Waals surface area (Å²) in [5.41, 5.74) is 1.68. The number of Topliss-reactive ketones (excluding diaryl/α,β-unsaturated/α-hetero) is 1. The van der Waals surface area contributed by atoms with Crippen molar-refractivity contribution in [2.45, 2.75) is 13.5 Å². The second kappa shape index (κ2) is 6.57. The maximum absolute atomic E-state index is 11.3. The average molecular weight is 335 g/mol. The van der Waals surface area contributed by atoms with Gasteiger partial charge < -0.3 is 9.47 Å². The van der Waals surface area contributed by atoms with Crippen LogP contribution in [0.3, 0.4) is 0 Å². The van der Waals surface area contributed by atoms with Crippen molar-refractivity contribution < 1.29 is 14.3 Å². The van der Waals surface area contributed by atoms with E-state index < -0.39 is 0 Å². The molecule has 0 aliphatic rings. The summed E-state index contributed by atoms with van der Waals surface area (Å²) in [7, 11) is 1.64. The van der Waals surface area contributed by atoms with Gasteiger partial charge in [0.25, 0.3) is 0 Å². The minimum Gasteiger partial charge on any atom is -0.497 e. The Labute approximate surface area is 126 Å². The fraction of sp³-hybridized carbons (Fsp3) is 0.188. The molecular formula is C16H15BrO3. The molecule has 0 aromatic heterocycles. The molecule has 20 heavy (non-hydrogen) atoms. The zero-order valence-electron chi connectivity index (χ0n) is 11.4. The van der Waals surface area contributed by atoms with Crippen LogP contribution in [0, 0.1) is 0 Å². The highest BCUT2D eigenvalue weighted by Crippen LogP contribution is 2.24. The van der Waals surface area contributed by atoms with E-state index in [-0.39, 0.29) is 5.78 Å². The molecule has 0 spiro atoms. The van der Waals surface area contributed by atoms with Gasteiger partial charge in [0, 0.05) is 10.0 Å². The van der Waals surface area contributed by atoms with Gasteiger partial charge in [0.15, 0.2) is 5.78 Å². The Morgan fingerprint density at radius 3 is 2.60 bits per heavy atom. The van der Waals surface area contributed by atoms with Crippen LogP contribution in [-0.4, -0.2) is 12.9 Å². The number of ether oxygens (including phenoxy) is 2. The Hall–Kier alpha value is -1.81. The number of benzene rings is 2. The third kappa shape index (κ3) is 3.61. The van der Waals surface area contributed by atoms with E-state index in [0.29, 0.717) is 17.9 Å². The van der Waals surface area contributed by atoms with E-state index in [4.69, 9.17) is 9.47 Å². The summed E-state index contributed by atoms with van der Waals surface area (Å²) in [6, 6.07) is 13.1. The highest BCUT2D eigenvalue weighted by molar-refractivity contribution is 9.10. The van der Waals surface area contributed by atoms with Crippen LogP contribution in [0.4, 0.5) is 0 Å². The molecule has 0 unspecified atom stereocenters. The number of hydrogen-bond donors (Lipinski definition) is 0. The van der Waals surface area contributed by atoms with Gasteiger partial charge in [0.2, 0.25) is 0 Å². The number of ketones is 1. The molecule has 0 amide bonds. The van der Waals surface area contributed by atoms with Crippen LogP contribution < -0.4 is 9.47 Å². The van der Waals surface area contributed by atoms with Gasteiger partial charge in [-0.05, 0) is 58.7 Å². The first-order chi connectivity index (χ1) is 9.60. The topological polar surface area (TPSA) is 35.5 Å². The van der Waals surface area contributed by atoms with Gasteiger partial charge in [0.05, 0.1) is 7.11 Å². The fourth-order valence-electron chi connectivity index (χ4n) is 1.80. The predicted molar refractivity (Wildman–Crippen MR) is 81.5 cm³/mol. The van der Waals surface area contributed by atoms with Gasteiger partial charge >= 0.3 is 0 Å². The number of rotatable bonds is 5. The second-order valence-corrected chi connectivity index (χ2v) is 5.19. The molecule has 0 radical (unpaired) electrons.